The Morgan fingerprint density at radius 2 is 1.71 bits per heavy atom. The fraction of sp³-hybridized carbons (Fsp3) is 0.214. The minimum atomic E-state index is -1.86. The van der Waals surface area contributed by atoms with Crippen LogP contribution < -0.4 is 14.5 Å². The Morgan fingerprint density at radius 1 is 0.971 bits per heavy atom. The van der Waals surface area contributed by atoms with Crippen molar-refractivity contribution < 1.29 is 24.5 Å². The fourth-order valence-electron chi connectivity index (χ4n) is 4.73. The van der Waals surface area contributed by atoms with Gasteiger partial charge < -0.3 is 14.9 Å². The van der Waals surface area contributed by atoms with E-state index >= 15 is 0 Å². The van der Waals surface area contributed by atoms with Crippen LogP contribution in [0.4, 0.5) is 22.7 Å². The van der Waals surface area contributed by atoms with Crippen molar-refractivity contribution in [1.29, 1.82) is 0 Å². The van der Waals surface area contributed by atoms with Gasteiger partial charge in [-0.25, -0.2) is 0 Å². The standard InChI is InChI=1S/C28H26N2O5/c1-19(9-7-8-16-31)28(34)22-17-21(29-24-12-5-6-13-25(24)35-18-26(29)32)14-15-23(22)30(27(28)33)20-10-3-2-4-11-20/h2-7,9-15,17,19,31,34H,8,16,18H2,1H3/b9-7+/t19-,28+/m1/s1. The molecule has 2 aliphatic heterocycles. The Balaban J connectivity index is 1.66. The predicted octanol–water partition coefficient (Wildman–Crippen LogP) is 4.18. The van der Waals surface area contributed by atoms with E-state index in [1.165, 1.54) is 4.90 Å². The van der Waals surface area contributed by atoms with Gasteiger partial charge in [0.15, 0.2) is 12.2 Å². The number of amides is 2. The van der Waals surface area contributed by atoms with Crippen LogP contribution >= 0.6 is 0 Å². The second-order valence-electron chi connectivity index (χ2n) is 8.66. The molecular formula is C28H26N2O5. The number of hydrogen-bond acceptors (Lipinski definition) is 5. The fourth-order valence-corrected chi connectivity index (χ4v) is 4.73. The number of aliphatic hydroxyl groups is 2. The molecule has 2 N–H and O–H groups in total. The van der Waals surface area contributed by atoms with Gasteiger partial charge in [-0.3, -0.25) is 19.4 Å². The van der Waals surface area contributed by atoms with Gasteiger partial charge in [-0.15, -0.1) is 0 Å². The molecule has 3 aromatic carbocycles. The normalized spacial score (nSPS) is 20.1. The van der Waals surface area contributed by atoms with E-state index < -0.39 is 17.4 Å². The van der Waals surface area contributed by atoms with Crippen LogP contribution in [0.15, 0.2) is 84.9 Å². The van der Waals surface area contributed by atoms with Crippen molar-refractivity contribution in [3.05, 3.63) is 90.5 Å². The summed E-state index contributed by atoms with van der Waals surface area (Å²) >= 11 is 0. The molecule has 0 radical (unpaired) electrons. The van der Waals surface area contributed by atoms with E-state index in [1.807, 2.05) is 42.5 Å². The molecule has 7 heteroatoms. The molecule has 2 aliphatic rings. The van der Waals surface area contributed by atoms with Crippen LogP contribution in [0.3, 0.4) is 0 Å². The van der Waals surface area contributed by atoms with Gasteiger partial charge in [-0.1, -0.05) is 49.4 Å². The number of ether oxygens (including phenoxy) is 1. The van der Waals surface area contributed by atoms with Crippen LogP contribution in [0, 0.1) is 5.92 Å². The Hall–Kier alpha value is -3.94. The second kappa shape index (κ2) is 9.02. The van der Waals surface area contributed by atoms with Crippen LogP contribution in [0.5, 0.6) is 5.75 Å². The van der Waals surface area contributed by atoms with Crippen LogP contribution in [0.2, 0.25) is 0 Å². The first-order chi connectivity index (χ1) is 17.0. The zero-order chi connectivity index (χ0) is 24.6. The monoisotopic (exact) mass is 470 g/mol. The van der Waals surface area contributed by atoms with Crippen molar-refractivity contribution in [2.45, 2.75) is 18.9 Å². The lowest BCUT2D eigenvalue weighted by Crippen LogP contribution is -2.43. The first-order valence-corrected chi connectivity index (χ1v) is 11.6. The number of para-hydroxylation sites is 3. The van der Waals surface area contributed by atoms with Crippen LogP contribution in [-0.2, 0) is 15.2 Å². The highest BCUT2D eigenvalue weighted by atomic mass is 16.5. The Kier molecular flexibility index (Phi) is 5.88. The Labute approximate surface area is 203 Å². The van der Waals surface area contributed by atoms with E-state index in [4.69, 9.17) is 9.84 Å². The number of hydrogen-bond donors (Lipinski definition) is 2. The lowest BCUT2D eigenvalue weighted by molar-refractivity contribution is -0.138. The summed E-state index contributed by atoms with van der Waals surface area (Å²) in [6.45, 7) is 1.64. The van der Waals surface area contributed by atoms with E-state index in [-0.39, 0.29) is 19.1 Å². The van der Waals surface area contributed by atoms with Crippen molar-refractivity contribution in [2.24, 2.45) is 5.92 Å². The molecule has 0 unspecified atom stereocenters. The third kappa shape index (κ3) is 3.69. The lowest BCUT2D eigenvalue weighted by atomic mass is 9.82. The van der Waals surface area contributed by atoms with Crippen molar-refractivity contribution in [3.63, 3.8) is 0 Å². The summed E-state index contributed by atoms with van der Waals surface area (Å²) in [6, 6.07) is 21.7. The molecule has 178 valence electrons. The molecule has 5 rings (SSSR count). The summed E-state index contributed by atoms with van der Waals surface area (Å²) in [7, 11) is 0. The van der Waals surface area contributed by atoms with E-state index in [0.29, 0.717) is 40.5 Å². The summed E-state index contributed by atoms with van der Waals surface area (Å²) in [5, 5.41) is 21.1. The van der Waals surface area contributed by atoms with Crippen LogP contribution in [-0.4, -0.2) is 35.2 Å². The molecule has 0 saturated carbocycles. The highest BCUT2D eigenvalue weighted by Gasteiger charge is 2.53. The van der Waals surface area contributed by atoms with Gasteiger partial charge in [-0.05, 0) is 48.9 Å². The molecule has 2 atom stereocenters. The molecule has 2 amide bonds. The van der Waals surface area contributed by atoms with E-state index in [1.54, 1.807) is 54.3 Å². The molecule has 3 aromatic rings. The molecule has 0 fully saturated rings. The van der Waals surface area contributed by atoms with Gasteiger partial charge >= 0.3 is 0 Å². The first-order valence-electron chi connectivity index (χ1n) is 11.6. The zero-order valence-corrected chi connectivity index (χ0v) is 19.3. The molecular weight excluding hydrogens is 444 g/mol. The number of rotatable bonds is 6. The molecule has 0 saturated heterocycles. The molecule has 0 bridgehead atoms. The third-order valence-electron chi connectivity index (χ3n) is 6.52. The molecule has 2 heterocycles. The predicted molar refractivity (Wildman–Crippen MR) is 133 cm³/mol. The van der Waals surface area contributed by atoms with E-state index in [0.717, 1.165) is 0 Å². The van der Waals surface area contributed by atoms with Crippen molar-refractivity contribution in [2.75, 3.05) is 23.0 Å². The minimum absolute atomic E-state index is 0.0228. The largest absolute Gasteiger partial charge is 0.482 e. The maximum Gasteiger partial charge on any atom is 0.269 e. The van der Waals surface area contributed by atoms with E-state index in [2.05, 4.69) is 0 Å². The van der Waals surface area contributed by atoms with Gasteiger partial charge in [0, 0.05) is 29.5 Å². The van der Waals surface area contributed by atoms with Crippen molar-refractivity contribution in [1.82, 2.24) is 0 Å². The summed E-state index contributed by atoms with van der Waals surface area (Å²) in [5.41, 5.74) is 0.902. The molecule has 0 aromatic heterocycles. The highest BCUT2D eigenvalue weighted by Crippen LogP contribution is 2.50. The summed E-state index contributed by atoms with van der Waals surface area (Å²) in [6.07, 6.45) is 3.92. The van der Waals surface area contributed by atoms with Gasteiger partial charge in [-0.2, -0.15) is 0 Å². The van der Waals surface area contributed by atoms with Crippen molar-refractivity contribution >= 4 is 34.6 Å². The summed E-state index contributed by atoms with van der Waals surface area (Å²) in [5.74, 6) is -0.708. The first kappa shape index (κ1) is 22.8. The smallest absolute Gasteiger partial charge is 0.269 e. The zero-order valence-electron chi connectivity index (χ0n) is 19.3. The average Bonchev–Trinajstić information content (AvgIpc) is 3.11. The quantitative estimate of drug-likeness (QED) is 0.528. The van der Waals surface area contributed by atoms with Gasteiger partial charge in [0.2, 0.25) is 0 Å². The molecule has 7 nitrogen and oxygen atoms in total. The topological polar surface area (TPSA) is 90.3 Å². The SMILES string of the molecule is C[C@H](/C=C/CCO)[C@@]1(O)C(=O)N(c2ccccc2)c2ccc(N3C(=O)COc4ccccc43)cc21. The average molecular weight is 471 g/mol. The van der Waals surface area contributed by atoms with Crippen molar-refractivity contribution in [3.8, 4) is 5.75 Å². The number of nitrogens with zero attached hydrogens (tertiary/aromatic N) is 2. The number of carbonyl (C=O) groups is 2. The van der Waals surface area contributed by atoms with Gasteiger partial charge in [0.05, 0.1) is 11.4 Å². The van der Waals surface area contributed by atoms with Gasteiger partial charge in [0.25, 0.3) is 11.8 Å². The number of fused-ring (bicyclic) bond motifs is 2. The van der Waals surface area contributed by atoms with Crippen LogP contribution in [0.1, 0.15) is 18.9 Å². The van der Waals surface area contributed by atoms with Gasteiger partial charge in [0.1, 0.15) is 5.75 Å². The summed E-state index contributed by atoms with van der Waals surface area (Å²) in [4.78, 5) is 29.8. The minimum Gasteiger partial charge on any atom is -0.482 e. The second-order valence-corrected chi connectivity index (χ2v) is 8.66. The molecule has 0 spiro atoms. The number of aliphatic hydroxyl groups excluding tert-OH is 1. The number of carbonyl (C=O) groups excluding carboxylic acids is 2. The molecule has 35 heavy (non-hydrogen) atoms. The summed E-state index contributed by atoms with van der Waals surface area (Å²) < 4.78 is 5.57. The Morgan fingerprint density at radius 3 is 2.49 bits per heavy atom. The maximum absolute atomic E-state index is 13.8. The Bertz CT molecular complexity index is 1310. The van der Waals surface area contributed by atoms with Crippen LogP contribution in [0.25, 0.3) is 0 Å². The number of anilines is 4. The number of benzene rings is 3. The maximum atomic E-state index is 13.8. The third-order valence-corrected chi connectivity index (χ3v) is 6.52. The molecule has 0 aliphatic carbocycles. The van der Waals surface area contributed by atoms with E-state index in [9.17, 15) is 14.7 Å². The lowest BCUT2D eigenvalue weighted by Gasteiger charge is -2.31. The highest BCUT2D eigenvalue weighted by molar-refractivity contribution is 6.13.